The highest BCUT2D eigenvalue weighted by molar-refractivity contribution is 5.70. The van der Waals surface area contributed by atoms with Gasteiger partial charge in [-0.3, -0.25) is 4.79 Å². The molecule has 0 fully saturated rings. The number of aliphatic carboxylic acids is 1. The normalized spacial score (nSPS) is 11.9. The van der Waals surface area contributed by atoms with Crippen molar-refractivity contribution in [1.29, 1.82) is 0 Å². The first-order chi connectivity index (χ1) is 8.12. The van der Waals surface area contributed by atoms with Crippen LogP contribution in [0.15, 0.2) is 6.07 Å². The number of alkyl halides is 5. The van der Waals surface area contributed by atoms with Crippen molar-refractivity contribution in [2.75, 3.05) is 0 Å². The lowest BCUT2D eigenvalue weighted by molar-refractivity contribution is -0.142. The van der Waals surface area contributed by atoms with Gasteiger partial charge >= 0.3 is 12.1 Å². The van der Waals surface area contributed by atoms with E-state index in [1.165, 1.54) is 0 Å². The number of halogens is 5. The van der Waals surface area contributed by atoms with Crippen LogP contribution in [0.2, 0.25) is 0 Å². The summed E-state index contributed by atoms with van der Waals surface area (Å²) in [6.45, 7) is 0.992. The van der Waals surface area contributed by atoms with Gasteiger partial charge < -0.3 is 5.11 Å². The summed E-state index contributed by atoms with van der Waals surface area (Å²) in [4.78, 5) is 13.4. The molecule has 1 aromatic heterocycles. The first-order valence-corrected chi connectivity index (χ1v) is 4.70. The zero-order chi connectivity index (χ0) is 14.1. The predicted octanol–water partition coefficient (Wildman–Crippen LogP) is 2.97. The first-order valence-electron chi connectivity index (χ1n) is 4.70. The van der Waals surface area contributed by atoms with E-state index < -0.39 is 47.5 Å². The molecule has 18 heavy (non-hydrogen) atoms. The second-order valence-corrected chi connectivity index (χ2v) is 3.56. The van der Waals surface area contributed by atoms with Crippen LogP contribution < -0.4 is 0 Å². The highest BCUT2D eigenvalue weighted by Gasteiger charge is 2.36. The molecule has 0 radical (unpaired) electrons. The predicted molar refractivity (Wildman–Crippen MR) is 50.3 cm³/mol. The quantitative estimate of drug-likeness (QED) is 0.858. The maximum atomic E-state index is 12.6. The third-order valence-electron chi connectivity index (χ3n) is 2.15. The topological polar surface area (TPSA) is 50.2 Å². The highest BCUT2D eigenvalue weighted by atomic mass is 19.4. The summed E-state index contributed by atoms with van der Waals surface area (Å²) in [7, 11) is 0. The van der Waals surface area contributed by atoms with E-state index in [2.05, 4.69) is 4.98 Å². The van der Waals surface area contributed by atoms with E-state index in [0.29, 0.717) is 6.07 Å². The average molecular weight is 269 g/mol. The SMILES string of the molecule is Cc1cc(C(F)F)c(CC(=O)O)nc1C(F)(F)F. The zero-order valence-corrected chi connectivity index (χ0v) is 9.05. The van der Waals surface area contributed by atoms with E-state index >= 15 is 0 Å². The number of rotatable bonds is 3. The van der Waals surface area contributed by atoms with Crippen molar-refractivity contribution in [3.05, 3.63) is 28.6 Å². The Kier molecular flexibility index (Phi) is 3.88. The van der Waals surface area contributed by atoms with Gasteiger partial charge in [-0.25, -0.2) is 13.8 Å². The standard InChI is InChI=1S/C10H8F5NO2/c1-4-2-5(9(11)12)6(3-7(17)18)16-8(4)10(13,14)15/h2,9H,3H2,1H3,(H,17,18). The Morgan fingerprint density at radius 3 is 2.39 bits per heavy atom. The smallest absolute Gasteiger partial charge is 0.433 e. The van der Waals surface area contributed by atoms with E-state index in [1.807, 2.05) is 0 Å². The van der Waals surface area contributed by atoms with Crippen LogP contribution in [0.25, 0.3) is 0 Å². The fraction of sp³-hybridized carbons (Fsp3) is 0.400. The molecule has 0 saturated carbocycles. The number of carboxylic acids is 1. The van der Waals surface area contributed by atoms with Crippen LogP contribution in [-0.2, 0) is 17.4 Å². The molecule has 0 aliphatic carbocycles. The molecular formula is C10H8F5NO2. The van der Waals surface area contributed by atoms with Gasteiger partial charge in [-0.05, 0) is 18.6 Å². The Morgan fingerprint density at radius 2 is 2.00 bits per heavy atom. The number of pyridine rings is 1. The van der Waals surface area contributed by atoms with Gasteiger partial charge in [0.15, 0.2) is 0 Å². The van der Waals surface area contributed by atoms with Gasteiger partial charge in [0.1, 0.15) is 5.69 Å². The van der Waals surface area contributed by atoms with Crippen LogP contribution in [0.4, 0.5) is 22.0 Å². The molecule has 0 aliphatic rings. The molecule has 0 saturated heterocycles. The molecule has 1 aromatic rings. The Balaban J connectivity index is 3.40. The molecule has 3 nitrogen and oxygen atoms in total. The van der Waals surface area contributed by atoms with Gasteiger partial charge in [0, 0.05) is 5.56 Å². The van der Waals surface area contributed by atoms with Gasteiger partial charge in [-0.15, -0.1) is 0 Å². The fourth-order valence-electron chi connectivity index (χ4n) is 1.43. The Hall–Kier alpha value is -1.73. The molecule has 1 rings (SSSR count). The van der Waals surface area contributed by atoms with E-state index in [4.69, 9.17) is 5.11 Å². The summed E-state index contributed by atoms with van der Waals surface area (Å²) in [5.41, 5.74) is -3.37. The van der Waals surface area contributed by atoms with Gasteiger partial charge in [0.05, 0.1) is 12.1 Å². The second kappa shape index (κ2) is 4.87. The Bertz CT molecular complexity index is 470. The number of hydrogen-bond acceptors (Lipinski definition) is 2. The van der Waals surface area contributed by atoms with Crippen LogP contribution in [-0.4, -0.2) is 16.1 Å². The summed E-state index contributed by atoms with van der Waals surface area (Å²) in [5, 5.41) is 8.47. The molecule has 100 valence electrons. The molecule has 1 heterocycles. The molecule has 0 bridgehead atoms. The first kappa shape index (κ1) is 14.3. The summed E-state index contributed by atoms with van der Waals surface area (Å²) < 4.78 is 62.6. The molecular weight excluding hydrogens is 261 g/mol. The minimum atomic E-state index is -4.81. The lowest BCUT2D eigenvalue weighted by Crippen LogP contribution is -2.16. The van der Waals surface area contributed by atoms with E-state index in [9.17, 15) is 26.7 Å². The fourth-order valence-corrected chi connectivity index (χ4v) is 1.43. The van der Waals surface area contributed by atoms with Crippen molar-refractivity contribution < 1.29 is 31.9 Å². The van der Waals surface area contributed by atoms with Crippen molar-refractivity contribution in [3.8, 4) is 0 Å². The third kappa shape index (κ3) is 3.14. The minimum Gasteiger partial charge on any atom is -0.481 e. The molecule has 0 unspecified atom stereocenters. The van der Waals surface area contributed by atoms with Crippen molar-refractivity contribution in [3.63, 3.8) is 0 Å². The van der Waals surface area contributed by atoms with Crippen LogP contribution >= 0.6 is 0 Å². The van der Waals surface area contributed by atoms with Crippen LogP contribution in [0.1, 0.15) is 28.9 Å². The van der Waals surface area contributed by atoms with E-state index in [-0.39, 0.29) is 0 Å². The van der Waals surface area contributed by atoms with Gasteiger partial charge in [-0.1, -0.05) is 0 Å². The summed E-state index contributed by atoms with van der Waals surface area (Å²) in [6, 6.07) is 0.624. The van der Waals surface area contributed by atoms with Crippen LogP contribution in [0.5, 0.6) is 0 Å². The summed E-state index contributed by atoms with van der Waals surface area (Å²) >= 11 is 0. The number of aromatic nitrogens is 1. The van der Waals surface area contributed by atoms with Gasteiger partial charge in [-0.2, -0.15) is 13.2 Å². The zero-order valence-electron chi connectivity index (χ0n) is 9.05. The number of carbonyl (C=O) groups is 1. The molecule has 0 amide bonds. The molecule has 0 aromatic carbocycles. The minimum absolute atomic E-state index is 0.466. The third-order valence-corrected chi connectivity index (χ3v) is 2.15. The Labute approximate surface area is 98.3 Å². The van der Waals surface area contributed by atoms with Crippen LogP contribution in [0, 0.1) is 6.92 Å². The summed E-state index contributed by atoms with van der Waals surface area (Å²) in [5.74, 6) is -1.53. The highest BCUT2D eigenvalue weighted by Crippen LogP contribution is 2.33. The number of carboxylic acid groups (broad SMARTS) is 1. The second-order valence-electron chi connectivity index (χ2n) is 3.56. The number of aryl methyl sites for hydroxylation is 1. The van der Waals surface area contributed by atoms with Gasteiger partial charge in [0.25, 0.3) is 6.43 Å². The van der Waals surface area contributed by atoms with Crippen molar-refractivity contribution in [1.82, 2.24) is 4.98 Å². The van der Waals surface area contributed by atoms with Crippen molar-refractivity contribution in [2.45, 2.75) is 25.9 Å². The number of hydrogen-bond donors (Lipinski definition) is 1. The van der Waals surface area contributed by atoms with Crippen LogP contribution in [0.3, 0.4) is 0 Å². The lowest BCUT2D eigenvalue weighted by Gasteiger charge is -2.14. The molecule has 0 spiro atoms. The average Bonchev–Trinajstić information content (AvgIpc) is 2.17. The van der Waals surface area contributed by atoms with E-state index in [1.54, 1.807) is 0 Å². The van der Waals surface area contributed by atoms with Gasteiger partial charge in [0.2, 0.25) is 0 Å². The lowest BCUT2D eigenvalue weighted by atomic mass is 10.1. The molecule has 8 heteroatoms. The molecule has 0 atom stereocenters. The van der Waals surface area contributed by atoms with Crippen molar-refractivity contribution >= 4 is 5.97 Å². The molecule has 1 N–H and O–H groups in total. The Morgan fingerprint density at radius 1 is 1.44 bits per heavy atom. The van der Waals surface area contributed by atoms with E-state index in [0.717, 1.165) is 6.92 Å². The maximum absolute atomic E-state index is 12.6. The van der Waals surface area contributed by atoms with Crippen molar-refractivity contribution in [2.24, 2.45) is 0 Å². The monoisotopic (exact) mass is 269 g/mol. The number of nitrogens with zero attached hydrogens (tertiary/aromatic N) is 1. The molecule has 0 aliphatic heterocycles. The summed E-state index contributed by atoms with van der Waals surface area (Å²) in [6.07, 6.45) is -8.87. The maximum Gasteiger partial charge on any atom is 0.433 e. The largest absolute Gasteiger partial charge is 0.481 e.